The van der Waals surface area contributed by atoms with Gasteiger partial charge in [-0.05, 0) is 0 Å². The van der Waals surface area contributed by atoms with E-state index >= 15 is 0 Å². The largest absolute Gasteiger partial charge is 0.481 e. The molecule has 2 rings (SSSR count). The van der Waals surface area contributed by atoms with Gasteiger partial charge in [-0.2, -0.15) is 0 Å². The first-order valence-corrected chi connectivity index (χ1v) is 4.26. The molecule has 78 valence electrons. The van der Waals surface area contributed by atoms with Crippen LogP contribution in [-0.4, -0.2) is 22.7 Å². The second-order valence-electron chi connectivity index (χ2n) is 2.94. The van der Waals surface area contributed by atoms with Crippen molar-refractivity contribution < 1.29 is 9.90 Å². The maximum atomic E-state index is 9.00. The molecule has 0 saturated heterocycles. The van der Waals surface area contributed by atoms with Gasteiger partial charge in [-0.25, -0.2) is 0 Å². The molecule has 0 aliphatic carbocycles. The first-order valence-electron chi connectivity index (χ1n) is 4.26. The van der Waals surface area contributed by atoms with Crippen LogP contribution in [0.3, 0.4) is 0 Å². The van der Waals surface area contributed by atoms with Gasteiger partial charge >= 0.3 is 0 Å². The van der Waals surface area contributed by atoms with Crippen LogP contribution >= 0.6 is 0 Å². The van der Waals surface area contributed by atoms with Crippen LogP contribution in [0.5, 0.6) is 0 Å². The van der Waals surface area contributed by atoms with E-state index in [9.17, 15) is 0 Å². The summed E-state index contributed by atoms with van der Waals surface area (Å²) in [5, 5.41) is 24.9. The van der Waals surface area contributed by atoms with Crippen molar-refractivity contribution in [2.75, 3.05) is 0 Å². The van der Waals surface area contributed by atoms with E-state index in [0.29, 0.717) is 11.7 Å². The van der Waals surface area contributed by atoms with Gasteiger partial charge in [0.15, 0.2) is 0 Å². The standard InChI is InChI=1S/C8H7N3.C2H4O2/c9-7-5-3-1-2-4-6(5)8(10)11-7;1-2(3)4/h1-4H,(H3,9,10,11);1H3,(H,3,4). The highest BCUT2D eigenvalue weighted by atomic mass is 16.4. The highest BCUT2D eigenvalue weighted by molar-refractivity contribution is 6.23. The van der Waals surface area contributed by atoms with Crippen molar-refractivity contribution >= 4 is 17.6 Å². The Balaban J connectivity index is 0.000000245. The third kappa shape index (κ3) is 2.63. The molecule has 0 spiro atoms. The Kier molecular flexibility index (Phi) is 3.17. The molecule has 1 aliphatic rings. The number of aliphatic carboxylic acids is 1. The predicted molar refractivity (Wildman–Crippen MR) is 56.5 cm³/mol. The molecule has 1 aliphatic heterocycles. The maximum Gasteiger partial charge on any atom is 0.300 e. The van der Waals surface area contributed by atoms with Gasteiger partial charge < -0.3 is 10.4 Å². The van der Waals surface area contributed by atoms with Gasteiger partial charge in [0, 0.05) is 18.1 Å². The summed E-state index contributed by atoms with van der Waals surface area (Å²) in [5.41, 5.74) is 1.63. The van der Waals surface area contributed by atoms with Crippen molar-refractivity contribution in [3.63, 3.8) is 0 Å². The van der Waals surface area contributed by atoms with Crippen LogP contribution < -0.4 is 5.32 Å². The quantitative estimate of drug-likeness (QED) is 0.509. The first kappa shape index (κ1) is 10.9. The zero-order valence-corrected chi connectivity index (χ0v) is 8.16. The lowest BCUT2D eigenvalue weighted by Crippen LogP contribution is -2.19. The summed E-state index contributed by atoms with van der Waals surface area (Å²) in [7, 11) is 0. The third-order valence-corrected chi connectivity index (χ3v) is 1.72. The Bertz CT molecular complexity index is 389. The van der Waals surface area contributed by atoms with Gasteiger partial charge in [0.1, 0.15) is 11.7 Å². The van der Waals surface area contributed by atoms with Crippen molar-refractivity contribution in [3.05, 3.63) is 35.4 Å². The molecule has 15 heavy (non-hydrogen) atoms. The van der Waals surface area contributed by atoms with E-state index in [4.69, 9.17) is 20.7 Å². The number of carboxylic acid groups (broad SMARTS) is 1. The first-order chi connectivity index (χ1) is 7.02. The summed E-state index contributed by atoms with van der Waals surface area (Å²) in [5.74, 6) is -0.184. The fraction of sp³-hybridized carbons (Fsp3) is 0.100. The number of fused-ring (bicyclic) bond motifs is 1. The minimum Gasteiger partial charge on any atom is -0.481 e. The number of hydrogen-bond acceptors (Lipinski definition) is 3. The molecular formula is C10H11N3O2. The highest BCUT2D eigenvalue weighted by Crippen LogP contribution is 2.13. The molecule has 0 amide bonds. The molecule has 0 fully saturated rings. The summed E-state index contributed by atoms with van der Waals surface area (Å²) in [6.45, 7) is 1.08. The van der Waals surface area contributed by atoms with E-state index in [0.717, 1.165) is 18.1 Å². The highest BCUT2D eigenvalue weighted by Gasteiger charge is 2.18. The zero-order chi connectivity index (χ0) is 11.4. The molecule has 4 N–H and O–H groups in total. The lowest BCUT2D eigenvalue weighted by molar-refractivity contribution is -0.134. The minimum atomic E-state index is -0.833. The van der Waals surface area contributed by atoms with Crippen molar-refractivity contribution in [3.8, 4) is 0 Å². The summed E-state index contributed by atoms with van der Waals surface area (Å²) in [6.07, 6.45) is 0. The molecule has 0 aromatic heterocycles. The number of carbonyl (C=O) groups is 1. The molecular weight excluding hydrogens is 194 g/mol. The number of carboxylic acids is 1. The summed E-state index contributed by atoms with van der Waals surface area (Å²) in [4.78, 5) is 9.00. The second-order valence-corrected chi connectivity index (χ2v) is 2.94. The van der Waals surface area contributed by atoms with Crippen molar-refractivity contribution in [1.82, 2.24) is 5.32 Å². The Morgan fingerprint density at radius 1 is 1.20 bits per heavy atom. The zero-order valence-electron chi connectivity index (χ0n) is 8.16. The van der Waals surface area contributed by atoms with Gasteiger partial charge in [0.2, 0.25) is 0 Å². The molecule has 1 aromatic rings. The number of amidine groups is 2. The molecule has 1 aromatic carbocycles. The third-order valence-electron chi connectivity index (χ3n) is 1.72. The fourth-order valence-corrected chi connectivity index (χ4v) is 1.18. The number of benzene rings is 1. The van der Waals surface area contributed by atoms with Crippen molar-refractivity contribution in [2.24, 2.45) is 0 Å². The number of hydrogen-bond donors (Lipinski definition) is 4. The Labute approximate surface area is 86.8 Å². The summed E-state index contributed by atoms with van der Waals surface area (Å²) in [6, 6.07) is 7.42. The smallest absolute Gasteiger partial charge is 0.300 e. The van der Waals surface area contributed by atoms with Gasteiger partial charge in [0.25, 0.3) is 5.97 Å². The molecule has 0 unspecified atom stereocenters. The molecule has 0 bridgehead atoms. The van der Waals surface area contributed by atoms with Crippen LogP contribution in [0.25, 0.3) is 0 Å². The van der Waals surface area contributed by atoms with Crippen LogP contribution in [0.15, 0.2) is 24.3 Å². The van der Waals surface area contributed by atoms with E-state index in [-0.39, 0.29) is 0 Å². The van der Waals surface area contributed by atoms with Gasteiger partial charge in [-0.1, -0.05) is 24.3 Å². The van der Waals surface area contributed by atoms with Gasteiger partial charge in [-0.3, -0.25) is 15.6 Å². The molecule has 0 atom stereocenters. The number of nitrogens with one attached hydrogen (secondary N) is 3. The van der Waals surface area contributed by atoms with Crippen molar-refractivity contribution in [1.29, 1.82) is 10.8 Å². The van der Waals surface area contributed by atoms with E-state index in [2.05, 4.69) is 5.32 Å². The average molecular weight is 205 g/mol. The summed E-state index contributed by atoms with van der Waals surface area (Å²) < 4.78 is 0. The van der Waals surface area contributed by atoms with E-state index in [1.807, 2.05) is 24.3 Å². The molecule has 5 nitrogen and oxygen atoms in total. The van der Waals surface area contributed by atoms with Crippen LogP contribution in [0.2, 0.25) is 0 Å². The fourth-order valence-electron chi connectivity index (χ4n) is 1.18. The minimum absolute atomic E-state index is 0.325. The van der Waals surface area contributed by atoms with Gasteiger partial charge in [0.05, 0.1) is 0 Å². The average Bonchev–Trinajstić information content (AvgIpc) is 2.43. The Morgan fingerprint density at radius 2 is 1.53 bits per heavy atom. The molecule has 0 radical (unpaired) electrons. The summed E-state index contributed by atoms with van der Waals surface area (Å²) >= 11 is 0. The van der Waals surface area contributed by atoms with Crippen LogP contribution in [0.4, 0.5) is 0 Å². The molecule has 0 saturated carbocycles. The van der Waals surface area contributed by atoms with Crippen LogP contribution in [-0.2, 0) is 4.79 Å². The SMILES string of the molecule is CC(=O)O.N=C1NC(=N)c2ccccc21. The topological polar surface area (TPSA) is 97.0 Å². The molecule has 5 heteroatoms. The monoisotopic (exact) mass is 205 g/mol. The lowest BCUT2D eigenvalue weighted by atomic mass is 10.1. The van der Waals surface area contributed by atoms with E-state index in [1.54, 1.807) is 0 Å². The normalized spacial score (nSPS) is 12.3. The second kappa shape index (κ2) is 4.36. The Morgan fingerprint density at radius 3 is 1.87 bits per heavy atom. The van der Waals surface area contributed by atoms with E-state index < -0.39 is 5.97 Å². The van der Waals surface area contributed by atoms with Crippen molar-refractivity contribution in [2.45, 2.75) is 6.92 Å². The predicted octanol–water partition coefficient (Wildman–Crippen LogP) is 1.03. The maximum absolute atomic E-state index is 9.00. The number of rotatable bonds is 0. The van der Waals surface area contributed by atoms with Crippen LogP contribution in [0.1, 0.15) is 18.1 Å². The van der Waals surface area contributed by atoms with E-state index in [1.165, 1.54) is 0 Å². The van der Waals surface area contributed by atoms with Gasteiger partial charge in [-0.15, -0.1) is 0 Å². The lowest BCUT2D eigenvalue weighted by Gasteiger charge is -1.91. The van der Waals surface area contributed by atoms with Crippen LogP contribution in [0, 0.1) is 10.8 Å². The Hall–Kier alpha value is -2.17. The molecule has 1 heterocycles.